The SMILES string of the molecule is CCC(C)N(CCC(=O)Nc1nnc(-c2ccc(OC)cc2)s1)C(=O)CC(C)(C)C. The quantitative estimate of drug-likeness (QED) is 0.626. The van der Waals surface area contributed by atoms with Crippen LogP contribution < -0.4 is 10.1 Å². The van der Waals surface area contributed by atoms with Crippen LogP contribution in [0.15, 0.2) is 24.3 Å². The number of nitrogens with zero attached hydrogens (tertiary/aromatic N) is 3. The van der Waals surface area contributed by atoms with E-state index < -0.39 is 0 Å². The molecule has 1 aromatic carbocycles. The van der Waals surface area contributed by atoms with Crippen molar-refractivity contribution in [2.75, 3.05) is 19.0 Å². The van der Waals surface area contributed by atoms with Crippen LogP contribution in [0.2, 0.25) is 0 Å². The van der Waals surface area contributed by atoms with Crippen molar-refractivity contribution in [2.24, 2.45) is 5.41 Å². The number of benzene rings is 1. The Labute approximate surface area is 182 Å². The molecule has 0 aliphatic carbocycles. The van der Waals surface area contributed by atoms with Gasteiger partial charge in [0.15, 0.2) is 0 Å². The highest BCUT2D eigenvalue weighted by atomic mass is 32.1. The maximum atomic E-state index is 12.7. The van der Waals surface area contributed by atoms with Gasteiger partial charge in [0.05, 0.1) is 7.11 Å². The fourth-order valence-electron chi connectivity index (χ4n) is 2.89. The highest BCUT2D eigenvalue weighted by Gasteiger charge is 2.24. The topological polar surface area (TPSA) is 84.4 Å². The van der Waals surface area contributed by atoms with Gasteiger partial charge >= 0.3 is 0 Å². The summed E-state index contributed by atoms with van der Waals surface area (Å²) in [6.45, 7) is 10.6. The van der Waals surface area contributed by atoms with Gasteiger partial charge in [-0.1, -0.05) is 39.0 Å². The zero-order valence-corrected chi connectivity index (χ0v) is 19.5. The molecule has 7 nitrogen and oxygen atoms in total. The lowest BCUT2D eigenvalue weighted by Gasteiger charge is -2.31. The second kappa shape index (κ2) is 10.5. The third-order valence-corrected chi connectivity index (χ3v) is 5.60. The number of carbonyl (C=O) groups is 2. The minimum Gasteiger partial charge on any atom is -0.497 e. The van der Waals surface area contributed by atoms with Gasteiger partial charge in [0.1, 0.15) is 10.8 Å². The first-order chi connectivity index (χ1) is 14.1. The van der Waals surface area contributed by atoms with Crippen LogP contribution in [0.3, 0.4) is 0 Å². The number of amides is 2. The molecular formula is C22H32N4O3S. The smallest absolute Gasteiger partial charge is 0.227 e. The van der Waals surface area contributed by atoms with Crippen LogP contribution in [0, 0.1) is 5.41 Å². The van der Waals surface area contributed by atoms with Crippen LogP contribution >= 0.6 is 11.3 Å². The molecule has 1 unspecified atom stereocenters. The molecule has 0 radical (unpaired) electrons. The zero-order chi connectivity index (χ0) is 22.3. The van der Waals surface area contributed by atoms with Crippen LogP contribution in [0.5, 0.6) is 5.75 Å². The molecular weight excluding hydrogens is 400 g/mol. The van der Waals surface area contributed by atoms with Crippen molar-refractivity contribution in [2.45, 2.75) is 59.9 Å². The van der Waals surface area contributed by atoms with Crippen LogP contribution in [-0.4, -0.2) is 46.6 Å². The van der Waals surface area contributed by atoms with E-state index >= 15 is 0 Å². The van der Waals surface area contributed by atoms with Gasteiger partial charge in [-0.25, -0.2) is 0 Å². The number of hydrogen-bond donors (Lipinski definition) is 1. The van der Waals surface area contributed by atoms with Crippen molar-refractivity contribution in [3.05, 3.63) is 24.3 Å². The van der Waals surface area contributed by atoms with Crippen molar-refractivity contribution in [1.82, 2.24) is 15.1 Å². The van der Waals surface area contributed by atoms with Crippen molar-refractivity contribution in [3.8, 4) is 16.3 Å². The summed E-state index contributed by atoms with van der Waals surface area (Å²) in [7, 11) is 1.62. The summed E-state index contributed by atoms with van der Waals surface area (Å²) in [5.74, 6) is 0.676. The Balaban J connectivity index is 1.95. The summed E-state index contributed by atoms with van der Waals surface area (Å²) in [6.07, 6.45) is 1.53. The minimum atomic E-state index is -0.177. The van der Waals surface area contributed by atoms with E-state index in [2.05, 4.69) is 15.5 Å². The molecule has 164 valence electrons. The number of carbonyl (C=O) groups excluding carboxylic acids is 2. The molecule has 2 rings (SSSR count). The lowest BCUT2D eigenvalue weighted by molar-refractivity contribution is -0.135. The number of nitrogens with one attached hydrogen (secondary N) is 1. The number of hydrogen-bond acceptors (Lipinski definition) is 6. The molecule has 0 spiro atoms. The van der Waals surface area contributed by atoms with Crippen molar-refractivity contribution in [1.29, 1.82) is 0 Å². The Morgan fingerprint density at radius 1 is 1.20 bits per heavy atom. The van der Waals surface area contributed by atoms with E-state index in [9.17, 15) is 9.59 Å². The molecule has 8 heteroatoms. The first kappa shape index (κ1) is 23.8. The lowest BCUT2D eigenvalue weighted by Crippen LogP contribution is -2.41. The van der Waals surface area contributed by atoms with E-state index in [4.69, 9.17) is 4.74 Å². The summed E-state index contributed by atoms with van der Waals surface area (Å²) in [6, 6.07) is 7.60. The van der Waals surface area contributed by atoms with E-state index in [1.165, 1.54) is 11.3 Å². The highest BCUT2D eigenvalue weighted by molar-refractivity contribution is 7.18. The number of ether oxygens (including phenoxy) is 1. The number of aromatic nitrogens is 2. The Bertz CT molecular complexity index is 843. The summed E-state index contributed by atoms with van der Waals surface area (Å²) < 4.78 is 5.16. The average molecular weight is 433 g/mol. The van der Waals surface area contributed by atoms with Gasteiger partial charge in [0.2, 0.25) is 16.9 Å². The molecule has 1 heterocycles. The monoisotopic (exact) mass is 432 g/mol. The molecule has 0 aliphatic rings. The predicted octanol–water partition coefficient (Wildman–Crippen LogP) is 4.61. The van der Waals surface area contributed by atoms with Crippen LogP contribution in [0.4, 0.5) is 5.13 Å². The summed E-state index contributed by atoms with van der Waals surface area (Å²) in [5.41, 5.74) is 0.819. The first-order valence-electron chi connectivity index (χ1n) is 10.2. The zero-order valence-electron chi connectivity index (χ0n) is 18.7. The maximum absolute atomic E-state index is 12.7. The Morgan fingerprint density at radius 2 is 1.87 bits per heavy atom. The third kappa shape index (κ3) is 7.09. The van der Waals surface area contributed by atoms with E-state index in [0.29, 0.717) is 18.1 Å². The number of methoxy groups -OCH3 is 1. The summed E-state index contributed by atoms with van der Waals surface area (Å²) in [4.78, 5) is 27.0. The Hall–Kier alpha value is -2.48. The molecule has 1 N–H and O–H groups in total. The molecule has 0 fully saturated rings. The van der Waals surface area contributed by atoms with Gasteiger partial charge in [-0.3, -0.25) is 9.59 Å². The Morgan fingerprint density at radius 3 is 2.43 bits per heavy atom. The van der Waals surface area contributed by atoms with Gasteiger partial charge in [-0.15, -0.1) is 10.2 Å². The fraction of sp³-hybridized carbons (Fsp3) is 0.545. The third-order valence-electron chi connectivity index (χ3n) is 4.71. The first-order valence-corrected chi connectivity index (χ1v) is 11.0. The highest BCUT2D eigenvalue weighted by Crippen LogP contribution is 2.28. The average Bonchev–Trinajstić information content (AvgIpc) is 3.14. The normalized spacial score (nSPS) is 12.3. The molecule has 2 aromatic rings. The molecule has 0 bridgehead atoms. The van der Waals surface area contributed by atoms with Gasteiger partial charge < -0.3 is 15.0 Å². The van der Waals surface area contributed by atoms with Crippen LogP contribution in [-0.2, 0) is 9.59 Å². The second-order valence-electron chi connectivity index (χ2n) is 8.52. The van der Waals surface area contributed by atoms with Crippen LogP contribution in [0.1, 0.15) is 53.9 Å². The predicted molar refractivity (Wildman–Crippen MR) is 121 cm³/mol. The molecule has 1 atom stereocenters. The molecule has 2 amide bonds. The van der Waals surface area contributed by atoms with Crippen molar-refractivity contribution < 1.29 is 14.3 Å². The molecule has 30 heavy (non-hydrogen) atoms. The molecule has 0 saturated carbocycles. The molecule has 0 aliphatic heterocycles. The van der Waals surface area contributed by atoms with Gasteiger partial charge in [-0.2, -0.15) is 0 Å². The maximum Gasteiger partial charge on any atom is 0.227 e. The van der Waals surface area contributed by atoms with E-state index in [1.54, 1.807) is 7.11 Å². The van der Waals surface area contributed by atoms with Crippen LogP contribution in [0.25, 0.3) is 10.6 Å². The van der Waals surface area contributed by atoms with Crippen molar-refractivity contribution >= 4 is 28.3 Å². The number of rotatable bonds is 9. The molecule has 0 saturated heterocycles. The largest absolute Gasteiger partial charge is 0.497 e. The number of anilines is 1. The standard InChI is InChI=1S/C22H32N4O3S/c1-7-15(2)26(19(28)14-22(3,4)5)13-12-18(27)23-21-25-24-20(30-21)16-8-10-17(29-6)11-9-16/h8-11,15H,7,12-14H2,1-6H3,(H,23,25,27). The van der Waals surface area contributed by atoms with Crippen molar-refractivity contribution in [3.63, 3.8) is 0 Å². The molecule has 1 aromatic heterocycles. The van der Waals surface area contributed by atoms with E-state index in [0.717, 1.165) is 22.7 Å². The lowest BCUT2D eigenvalue weighted by atomic mass is 9.91. The van der Waals surface area contributed by atoms with Gasteiger partial charge in [-0.05, 0) is 43.0 Å². The summed E-state index contributed by atoms with van der Waals surface area (Å²) in [5, 5.41) is 12.2. The van der Waals surface area contributed by atoms with E-state index in [-0.39, 0.29) is 29.7 Å². The minimum absolute atomic E-state index is 0.0855. The van der Waals surface area contributed by atoms with Gasteiger partial charge in [0, 0.05) is 31.0 Å². The fourth-order valence-corrected chi connectivity index (χ4v) is 3.66. The van der Waals surface area contributed by atoms with E-state index in [1.807, 2.05) is 63.8 Å². The second-order valence-corrected chi connectivity index (χ2v) is 9.50. The summed E-state index contributed by atoms with van der Waals surface area (Å²) >= 11 is 1.31. The van der Waals surface area contributed by atoms with Gasteiger partial charge in [0.25, 0.3) is 0 Å². The Kier molecular flexibility index (Phi) is 8.34.